The van der Waals surface area contributed by atoms with Gasteiger partial charge < -0.3 is 0 Å². The lowest BCUT2D eigenvalue weighted by atomic mass is 9.90. The normalized spacial score (nSPS) is 27.5. The summed E-state index contributed by atoms with van der Waals surface area (Å²) in [7, 11) is 0. The van der Waals surface area contributed by atoms with Crippen molar-refractivity contribution in [1.82, 2.24) is 10.0 Å². The molecule has 0 unspecified atom stereocenters. The first-order valence-corrected chi connectivity index (χ1v) is 9.84. The van der Waals surface area contributed by atoms with E-state index in [1.807, 2.05) is 17.1 Å². The van der Waals surface area contributed by atoms with E-state index in [1.54, 1.807) is 12.1 Å². The third kappa shape index (κ3) is 2.52. The predicted molar refractivity (Wildman–Crippen MR) is 103 cm³/mol. The zero-order valence-corrected chi connectivity index (χ0v) is 16.2. The van der Waals surface area contributed by atoms with E-state index in [-0.39, 0.29) is 28.6 Å². The van der Waals surface area contributed by atoms with Crippen molar-refractivity contribution in [1.29, 1.82) is 0 Å². The molecule has 3 fully saturated rings. The highest BCUT2D eigenvalue weighted by molar-refractivity contribution is 6.31. The highest BCUT2D eigenvalue weighted by atomic mass is 35.5. The molecule has 2 amide bonds. The highest BCUT2D eigenvalue weighted by Crippen LogP contribution is 2.49. The number of carbonyl (C=O) groups excluding carboxylic acids is 2. The first-order valence-electron chi connectivity index (χ1n) is 9.09. The number of hydrogen-bond acceptors (Lipinski definition) is 4. The van der Waals surface area contributed by atoms with E-state index in [9.17, 15) is 14.0 Å². The van der Waals surface area contributed by atoms with Crippen LogP contribution in [-0.4, -0.2) is 41.0 Å². The lowest BCUT2D eigenvalue weighted by Crippen LogP contribution is -2.44. The minimum absolute atomic E-state index is 0.0483. The molecule has 5 rings (SSSR count). The van der Waals surface area contributed by atoms with E-state index < -0.39 is 17.8 Å². The summed E-state index contributed by atoms with van der Waals surface area (Å²) in [5, 5.41) is 4.68. The number of benzene rings is 2. The minimum atomic E-state index is -0.658. The topological polar surface area (TPSA) is 43.9 Å². The molecule has 3 aliphatic rings. The molecule has 28 heavy (non-hydrogen) atoms. The van der Waals surface area contributed by atoms with E-state index in [4.69, 9.17) is 23.2 Å². The van der Waals surface area contributed by atoms with Gasteiger partial charge in [-0.1, -0.05) is 35.3 Å². The van der Waals surface area contributed by atoms with Gasteiger partial charge in [0.05, 0.1) is 22.7 Å². The number of anilines is 1. The van der Waals surface area contributed by atoms with E-state index in [1.165, 1.54) is 12.1 Å². The quantitative estimate of drug-likeness (QED) is 0.696. The molecule has 3 saturated heterocycles. The van der Waals surface area contributed by atoms with Crippen molar-refractivity contribution in [2.75, 3.05) is 18.0 Å². The molecule has 3 aliphatic heterocycles. The third-order valence-corrected chi connectivity index (χ3v) is 6.34. The molecule has 0 aliphatic carbocycles. The fraction of sp³-hybridized carbons (Fsp3) is 0.300. The molecule has 2 aromatic rings. The van der Waals surface area contributed by atoms with Crippen molar-refractivity contribution >= 4 is 40.7 Å². The maximum Gasteiger partial charge on any atom is 0.253 e. The Morgan fingerprint density at radius 2 is 1.57 bits per heavy atom. The van der Waals surface area contributed by atoms with Crippen LogP contribution in [0.4, 0.5) is 10.1 Å². The first-order chi connectivity index (χ1) is 13.5. The number of hydrogen-bond donors (Lipinski definition) is 0. The fourth-order valence-corrected chi connectivity index (χ4v) is 4.90. The maximum absolute atomic E-state index is 14.0. The zero-order chi connectivity index (χ0) is 19.6. The van der Waals surface area contributed by atoms with Gasteiger partial charge in [0.2, 0.25) is 5.91 Å². The number of amides is 2. The van der Waals surface area contributed by atoms with Gasteiger partial charge in [-0.25, -0.2) is 19.3 Å². The smallest absolute Gasteiger partial charge is 0.253 e. The van der Waals surface area contributed by atoms with Crippen molar-refractivity contribution in [2.45, 2.75) is 18.5 Å². The Morgan fingerprint density at radius 3 is 2.25 bits per heavy atom. The number of halogens is 3. The Bertz CT molecular complexity index is 984. The largest absolute Gasteiger partial charge is 0.274 e. The lowest BCUT2D eigenvalue weighted by molar-refractivity contribution is -0.126. The molecule has 0 N–H and O–H groups in total. The molecular formula is C20H16Cl2FN3O2. The zero-order valence-electron chi connectivity index (χ0n) is 14.7. The summed E-state index contributed by atoms with van der Waals surface area (Å²) in [6.45, 7) is 1.50. The van der Waals surface area contributed by atoms with E-state index in [0.717, 1.165) is 29.5 Å². The third-order valence-electron chi connectivity index (χ3n) is 5.78. The van der Waals surface area contributed by atoms with Crippen molar-refractivity contribution in [3.63, 3.8) is 0 Å². The summed E-state index contributed by atoms with van der Waals surface area (Å²) in [5.74, 6) is -1.84. The Hall–Kier alpha value is -1.99. The van der Waals surface area contributed by atoms with E-state index in [2.05, 4.69) is 5.01 Å². The maximum atomic E-state index is 14.0. The van der Waals surface area contributed by atoms with E-state index in [0.29, 0.717) is 11.6 Å². The number of hydrazine groups is 1. The Balaban J connectivity index is 1.58. The van der Waals surface area contributed by atoms with Crippen LogP contribution in [0.25, 0.3) is 0 Å². The number of nitrogens with zero attached hydrogens (tertiary/aromatic N) is 3. The van der Waals surface area contributed by atoms with Crippen LogP contribution in [0.5, 0.6) is 0 Å². The molecule has 0 saturated carbocycles. The second kappa shape index (κ2) is 6.52. The molecule has 3 atom stereocenters. The number of imide groups is 1. The van der Waals surface area contributed by atoms with Gasteiger partial charge >= 0.3 is 0 Å². The number of carbonyl (C=O) groups is 2. The minimum Gasteiger partial charge on any atom is -0.274 e. The molecule has 0 bridgehead atoms. The van der Waals surface area contributed by atoms with Crippen LogP contribution in [0.3, 0.4) is 0 Å². The molecule has 8 heteroatoms. The summed E-state index contributed by atoms with van der Waals surface area (Å²) >= 11 is 11.8. The van der Waals surface area contributed by atoms with Crippen LogP contribution >= 0.6 is 23.2 Å². The Labute approximate surface area is 171 Å². The van der Waals surface area contributed by atoms with Crippen LogP contribution in [0.1, 0.15) is 18.0 Å². The standard InChI is InChI=1S/C20H16Cl2FN3O2/c21-12-4-2-11(3-5-12)17-16-18(25-9-1-8-24(17)25)20(28)26(19(16)27)13-6-7-14(22)15(23)10-13/h2-7,10,16-18H,1,8-9H2/t16-,17-,18-/m0/s1. The van der Waals surface area contributed by atoms with Crippen LogP contribution in [0.15, 0.2) is 42.5 Å². The molecular weight excluding hydrogens is 404 g/mol. The van der Waals surface area contributed by atoms with Gasteiger partial charge in [0.25, 0.3) is 5.91 Å². The van der Waals surface area contributed by atoms with Crippen LogP contribution in [0, 0.1) is 11.7 Å². The predicted octanol–water partition coefficient (Wildman–Crippen LogP) is 3.67. The Kier molecular flexibility index (Phi) is 4.21. The summed E-state index contributed by atoms with van der Waals surface area (Å²) in [6, 6.07) is 10.6. The van der Waals surface area contributed by atoms with E-state index >= 15 is 0 Å². The molecule has 144 valence electrons. The van der Waals surface area contributed by atoms with Crippen molar-refractivity contribution in [3.8, 4) is 0 Å². The molecule has 0 aromatic heterocycles. The second-order valence-corrected chi connectivity index (χ2v) is 8.10. The van der Waals surface area contributed by atoms with Gasteiger partial charge in [0, 0.05) is 18.1 Å². The van der Waals surface area contributed by atoms with Crippen LogP contribution < -0.4 is 4.90 Å². The first kappa shape index (κ1) is 18.1. The molecule has 2 aromatic carbocycles. The summed E-state index contributed by atoms with van der Waals surface area (Å²) < 4.78 is 14.0. The van der Waals surface area contributed by atoms with Gasteiger partial charge in [-0.3, -0.25) is 9.59 Å². The van der Waals surface area contributed by atoms with Crippen LogP contribution in [-0.2, 0) is 9.59 Å². The number of rotatable bonds is 2. The van der Waals surface area contributed by atoms with Gasteiger partial charge in [-0.2, -0.15) is 0 Å². The van der Waals surface area contributed by atoms with Crippen molar-refractivity contribution < 1.29 is 14.0 Å². The molecule has 5 nitrogen and oxygen atoms in total. The van der Waals surface area contributed by atoms with Crippen molar-refractivity contribution in [2.24, 2.45) is 5.92 Å². The summed E-state index contributed by atoms with van der Waals surface area (Å²) in [6.07, 6.45) is 0.921. The number of fused-ring (bicyclic) bond motifs is 3. The SMILES string of the molecule is O=C1[C@@H]2[C@@H](C(=O)N1c1ccc(Cl)c(F)c1)N1CCCN1[C@H]2c1ccc(Cl)cc1. The second-order valence-electron chi connectivity index (χ2n) is 7.26. The highest BCUT2D eigenvalue weighted by Gasteiger charge is 2.62. The van der Waals surface area contributed by atoms with Gasteiger partial charge in [0.15, 0.2) is 0 Å². The summed E-state index contributed by atoms with van der Waals surface area (Å²) in [5.41, 5.74) is 1.15. The van der Waals surface area contributed by atoms with Gasteiger partial charge in [-0.15, -0.1) is 0 Å². The van der Waals surface area contributed by atoms with Crippen LogP contribution in [0.2, 0.25) is 10.0 Å². The summed E-state index contributed by atoms with van der Waals surface area (Å²) in [4.78, 5) is 27.7. The average Bonchev–Trinajstić information content (AvgIpc) is 3.31. The monoisotopic (exact) mass is 419 g/mol. The van der Waals surface area contributed by atoms with Gasteiger partial charge in [-0.05, 0) is 42.3 Å². The molecule has 0 spiro atoms. The Morgan fingerprint density at radius 1 is 0.893 bits per heavy atom. The average molecular weight is 420 g/mol. The molecule has 0 radical (unpaired) electrons. The van der Waals surface area contributed by atoms with Gasteiger partial charge in [0.1, 0.15) is 11.9 Å². The fourth-order valence-electron chi connectivity index (χ4n) is 4.65. The van der Waals surface area contributed by atoms with Crippen molar-refractivity contribution in [3.05, 3.63) is 63.9 Å². The molecule has 3 heterocycles. The lowest BCUT2D eigenvalue weighted by Gasteiger charge is -2.29.